The summed E-state index contributed by atoms with van der Waals surface area (Å²) in [6.45, 7) is 0.537. The van der Waals surface area contributed by atoms with E-state index in [1.807, 2.05) is 24.3 Å². The third kappa shape index (κ3) is 3.45. The molecule has 5 heteroatoms. The van der Waals surface area contributed by atoms with Crippen LogP contribution in [0.3, 0.4) is 0 Å². The second kappa shape index (κ2) is 7.17. The van der Waals surface area contributed by atoms with Crippen LogP contribution >= 0.6 is 24.8 Å². The Balaban J connectivity index is 0.00000112. The van der Waals surface area contributed by atoms with Crippen LogP contribution in [0, 0.1) is 0 Å². The zero-order chi connectivity index (χ0) is 9.80. The summed E-state index contributed by atoms with van der Waals surface area (Å²) in [5.41, 5.74) is 8.57. The summed E-state index contributed by atoms with van der Waals surface area (Å²) in [4.78, 5) is 8.31. The highest BCUT2D eigenvalue weighted by Gasteiger charge is 1.98. The van der Waals surface area contributed by atoms with Gasteiger partial charge in [-0.25, -0.2) is 0 Å². The standard InChI is InChI=1S/C11H11N3.2ClH/c12-7-9-3-5-14-11(6-9)10-2-1-4-13-8-10;;/h1-6,8H,7,12H2;2*1H. The molecule has 2 rings (SSSR count). The van der Waals surface area contributed by atoms with Gasteiger partial charge in [-0.1, -0.05) is 0 Å². The smallest absolute Gasteiger partial charge is 0.0720 e. The van der Waals surface area contributed by atoms with Crippen LogP contribution in [-0.4, -0.2) is 9.97 Å². The molecule has 0 fully saturated rings. The van der Waals surface area contributed by atoms with Crippen molar-refractivity contribution in [3.05, 3.63) is 48.4 Å². The summed E-state index contributed by atoms with van der Waals surface area (Å²) in [5.74, 6) is 0. The van der Waals surface area contributed by atoms with Gasteiger partial charge in [-0.2, -0.15) is 0 Å². The van der Waals surface area contributed by atoms with Crippen molar-refractivity contribution in [1.82, 2.24) is 9.97 Å². The molecule has 0 spiro atoms. The summed E-state index contributed by atoms with van der Waals surface area (Å²) in [5, 5.41) is 0. The highest BCUT2D eigenvalue weighted by Crippen LogP contribution is 2.15. The first-order valence-electron chi connectivity index (χ1n) is 4.45. The second-order valence-electron chi connectivity index (χ2n) is 3.00. The molecule has 2 aromatic rings. The van der Waals surface area contributed by atoms with Crippen LogP contribution in [0.1, 0.15) is 5.56 Å². The van der Waals surface area contributed by atoms with Gasteiger partial charge in [0.05, 0.1) is 5.69 Å². The van der Waals surface area contributed by atoms with Crippen LogP contribution < -0.4 is 5.73 Å². The van der Waals surface area contributed by atoms with Crippen LogP contribution in [0.25, 0.3) is 11.3 Å². The first-order chi connectivity index (χ1) is 6.90. The van der Waals surface area contributed by atoms with E-state index in [0.717, 1.165) is 16.8 Å². The van der Waals surface area contributed by atoms with Gasteiger partial charge in [0.1, 0.15) is 0 Å². The van der Waals surface area contributed by atoms with Gasteiger partial charge in [0.2, 0.25) is 0 Å². The van der Waals surface area contributed by atoms with Crippen LogP contribution in [-0.2, 0) is 6.54 Å². The molecule has 0 amide bonds. The van der Waals surface area contributed by atoms with Gasteiger partial charge in [-0.05, 0) is 29.8 Å². The van der Waals surface area contributed by atoms with Crippen molar-refractivity contribution in [1.29, 1.82) is 0 Å². The molecule has 86 valence electrons. The average Bonchev–Trinajstić information content (AvgIpc) is 2.30. The van der Waals surface area contributed by atoms with Gasteiger partial charge in [0.25, 0.3) is 0 Å². The molecular weight excluding hydrogens is 245 g/mol. The number of rotatable bonds is 2. The second-order valence-corrected chi connectivity index (χ2v) is 3.00. The molecule has 0 unspecified atom stereocenters. The molecule has 0 aliphatic rings. The summed E-state index contributed by atoms with van der Waals surface area (Å²) in [6, 6.07) is 7.78. The molecule has 0 saturated carbocycles. The zero-order valence-corrected chi connectivity index (χ0v) is 10.2. The summed E-state index contributed by atoms with van der Waals surface area (Å²) in [7, 11) is 0. The molecule has 0 aromatic carbocycles. The minimum atomic E-state index is 0. The van der Waals surface area contributed by atoms with Crippen molar-refractivity contribution in [2.24, 2.45) is 5.73 Å². The van der Waals surface area contributed by atoms with E-state index in [1.165, 1.54) is 0 Å². The molecule has 0 atom stereocenters. The molecule has 2 heterocycles. The highest BCUT2D eigenvalue weighted by atomic mass is 35.5. The van der Waals surface area contributed by atoms with Crippen molar-refractivity contribution in [2.45, 2.75) is 6.54 Å². The molecule has 16 heavy (non-hydrogen) atoms. The van der Waals surface area contributed by atoms with Crippen molar-refractivity contribution in [3.63, 3.8) is 0 Å². The zero-order valence-electron chi connectivity index (χ0n) is 8.54. The van der Waals surface area contributed by atoms with E-state index in [1.54, 1.807) is 18.6 Å². The number of halogens is 2. The molecule has 0 radical (unpaired) electrons. The van der Waals surface area contributed by atoms with Gasteiger partial charge >= 0.3 is 0 Å². The molecule has 3 nitrogen and oxygen atoms in total. The van der Waals surface area contributed by atoms with E-state index in [2.05, 4.69) is 9.97 Å². The summed E-state index contributed by atoms with van der Waals surface area (Å²) < 4.78 is 0. The van der Waals surface area contributed by atoms with E-state index in [-0.39, 0.29) is 24.8 Å². The Morgan fingerprint density at radius 3 is 2.56 bits per heavy atom. The minimum Gasteiger partial charge on any atom is -0.326 e. The van der Waals surface area contributed by atoms with Gasteiger partial charge < -0.3 is 5.73 Å². The topological polar surface area (TPSA) is 51.8 Å². The predicted molar refractivity (Wildman–Crippen MR) is 69.9 cm³/mol. The Bertz CT molecular complexity index is 421. The third-order valence-electron chi connectivity index (χ3n) is 2.02. The summed E-state index contributed by atoms with van der Waals surface area (Å²) >= 11 is 0. The SMILES string of the molecule is Cl.Cl.NCc1ccnc(-c2cccnc2)c1. The van der Waals surface area contributed by atoms with E-state index in [9.17, 15) is 0 Å². The lowest BCUT2D eigenvalue weighted by Gasteiger charge is -2.01. The highest BCUT2D eigenvalue weighted by molar-refractivity contribution is 5.85. The number of nitrogens with two attached hydrogens (primary N) is 1. The Morgan fingerprint density at radius 1 is 1.12 bits per heavy atom. The van der Waals surface area contributed by atoms with Gasteiger partial charge in [-0.15, -0.1) is 24.8 Å². The molecule has 0 aliphatic carbocycles. The first kappa shape index (κ1) is 14.8. The monoisotopic (exact) mass is 257 g/mol. The molecule has 0 saturated heterocycles. The normalized spacial score (nSPS) is 8.81. The van der Waals surface area contributed by atoms with Crippen LogP contribution in [0.4, 0.5) is 0 Å². The predicted octanol–water partition coefficient (Wildman–Crippen LogP) is 2.45. The fraction of sp³-hybridized carbons (Fsp3) is 0.0909. The van der Waals surface area contributed by atoms with Gasteiger partial charge in [0.15, 0.2) is 0 Å². The molecule has 0 bridgehead atoms. The van der Waals surface area contributed by atoms with Crippen LogP contribution in [0.2, 0.25) is 0 Å². The maximum Gasteiger partial charge on any atom is 0.0720 e. The summed E-state index contributed by atoms with van der Waals surface area (Å²) in [6.07, 6.45) is 5.31. The third-order valence-corrected chi connectivity index (χ3v) is 2.02. The van der Waals surface area contributed by atoms with Crippen LogP contribution in [0.15, 0.2) is 42.9 Å². The lowest BCUT2D eigenvalue weighted by Crippen LogP contribution is -1.97. The minimum absolute atomic E-state index is 0. The van der Waals surface area contributed by atoms with Crippen molar-refractivity contribution < 1.29 is 0 Å². The number of nitrogens with zero attached hydrogens (tertiary/aromatic N) is 2. The molecule has 2 N–H and O–H groups in total. The maximum absolute atomic E-state index is 5.55. The van der Waals surface area contributed by atoms with E-state index >= 15 is 0 Å². The van der Waals surface area contributed by atoms with E-state index in [0.29, 0.717) is 6.54 Å². The fourth-order valence-electron chi connectivity index (χ4n) is 1.27. The van der Waals surface area contributed by atoms with Crippen molar-refractivity contribution >= 4 is 24.8 Å². The van der Waals surface area contributed by atoms with Gasteiger partial charge in [-0.3, -0.25) is 9.97 Å². The Hall–Kier alpha value is -1.16. The lowest BCUT2D eigenvalue weighted by molar-refractivity contribution is 1.06. The number of pyridine rings is 2. The Morgan fingerprint density at radius 2 is 1.94 bits per heavy atom. The first-order valence-corrected chi connectivity index (χ1v) is 4.45. The quantitative estimate of drug-likeness (QED) is 0.900. The van der Waals surface area contributed by atoms with Gasteiger partial charge in [0, 0.05) is 30.7 Å². The van der Waals surface area contributed by atoms with E-state index in [4.69, 9.17) is 5.73 Å². The Labute approximate surface area is 107 Å². The average molecular weight is 258 g/mol. The molecular formula is C11H13Cl2N3. The van der Waals surface area contributed by atoms with Crippen molar-refractivity contribution in [3.8, 4) is 11.3 Å². The lowest BCUT2D eigenvalue weighted by atomic mass is 10.1. The largest absolute Gasteiger partial charge is 0.326 e. The molecule has 2 aromatic heterocycles. The number of hydrogen-bond acceptors (Lipinski definition) is 3. The Kier molecular flexibility index (Phi) is 6.65. The maximum atomic E-state index is 5.55. The number of hydrogen-bond donors (Lipinski definition) is 1. The molecule has 0 aliphatic heterocycles. The van der Waals surface area contributed by atoms with Crippen LogP contribution in [0.5, 0.6) is 0 Å². The van der Waals surface area contributed by atoms with E-state index < -0.39 is 0 Å². The van der Waals surface area contributed by atoms with Crippen molar-refractivity contribution in [2.75, 3.05) is 0 Å². The number of aromatic nitrogens is 2. The fourth-order valence-corrected chi connectivity index (χ4v) is 1.27.